The number of aromatic amines is 1. The molecule has 9 heteroatoms. The van der Waals surface area contributed by atoms with E-state index in [2.05, 4.69) is 9.71 Å². The number of hydrogen-bond acceptors (Lipinski definition) is 5. The summed E-state index contributed by atoms with van der Waals surface area (Å²) in [4.78, 5) is 27.0. The SMILES string of the molecule is COc1c(-c2ccc3cc(NS(C)(=O)=O)ccc3c2)ccc(-c2cn(C)c(=O)[nH]c2=O)c1C(C)(C)C. The zero-order valence-electron chi connectivity index (χ0n) is 21.1. The molecule has 36 heavy (non-hydrogen) atoms. The lowest BCUT2D eigenvalue weighted by molar-refractivity contribution is 0.400. The highest BCUT2D eigenvalue weighted by atomic mass is 32.2. The largest absolute Gasteiger partial charge is 0.496 e. The van der Waals surface area contributed by atoms with Crippen molar-refractivity contribution in [2.45, 2.75) is 26.2 Å². The molecule has 2 N–H and O–H groups in total. The van der Waals surface area contributed by atoms with Gasteiger partial charge in [-0.05, 0) is 45.5 Å². The van der Waals surface area contributed by atoms with Gasteiger partial charge >= 0.3 is 5.69 Å². The molecule has 0 aliphatic carbocycles. The molecule has 0 bridgehead atoms. The molecular formula is C27H29N3O5S. The van der Waals surface area contributed by atoms with E-state index in [9.17, 15) is 18.0 Å². The first-order chi connectivity index (χ1) is 16.8. The second kappa shape index (κ2) is 8.98. The quantitative estimate of drug-likeness (QED) is 0.420. The third-order valence-electron chi connectivity index (χ3n) is 5.96. The van der Waals surface area contributed by atoms with Crippen LogP contribution < -0.4 is 20.7 Å². The molecule has 8 nitrogen and oxygen atoms in total. The molecule has 4 aromatic rings. The average molecular weight is 508 g/mol. The topological polar surface area (TPSA) is 110 Å². The summed E-state index contributed by atoms with van der Waals surface area (Å²) in [5, 5.41) is 1.82. The van der Waals surface area contributed by atoms with Crippen LogP contribution >= 0.6 is 0 Å². The van der Waals surface area contributed by atoms with Gasteiger partial charge in [-0.25, -0.2) is 13.2 Å². The van der Waals surface area contributed by atoms with Crippen LogP contribution in [-0.4, -0.2) is 31.3 Å². The third-order valence-corrected chi connectivity index (χ3v) is 6.57. The Morgan fingerprint density at radius 3 is 2.19 bits per heavy atom. The fraction of sp³-hybridized carbons (Fsp3) is 0.259. The summed E-state index contributed by atoms with van der Waals surface area (Å²) in [5.74, 6) is 0.642. The normalized spacial score (nSPS) is 12.1. The van der Waals surface area contributed by atoms with Gasteiger partial charge in [0.15, 0.2) is 0 Å². The Labute approximate surface area is 209 Å². The van der Waals surface area contributed by atoms with Crippen LogP contribution in [0.5, 0.6) is 5.75 Å². The van der Waals surface area contributed by atoms with E-state index in [1.807, 2.05) is 57.2 Å². The number of methoxy groups -OCH3 is 1. The fourth-order valence-corrected chi connectivity index (χ4v) is 4.99. The summed E-state index contributed by atoms with van der Waals surface area (Å²) in [7, 11) is -0.172. The van der Waals surface area contributed by atoms with E-state index in [0.29, 0.717) is 22.6 Å². The first kappa shape index (κ1) is 25.2. The highest BCUT2D eigenvalue weighted by Crippen LogP contribution is 2.44. The van der Waals surface area contributed by atoms with Crippen LogP contribution in [0.25, 0.3) is 33.0 Å². The van der Waals surface area contributed by atoms with Crippen LogP contribution in [0.15, 0.2) is 64.3 Å². The minimum atomic E-state index is -3.37. The lowest BCUT2D eigenvalue weighted by atomic mass is 9.79. The molecule has 188 valence electrons. The molecule has 0 saturated carbocycles. The molecule has 0 spiro atoms. The lowest BCUT2D eigenvalue weighted by Crippen LogP contribution is -2.29. The molecular weight excluding hydrogens is 478 g/mol. The van der Waals surface area contributed by atoms with Crippen LogP contribution in [0.3, 0.4) is 0 Å². The highest BCUT2D eigenvalue weighted by molar-refractivity contribution is 7.92. The van der Waals surface area contributed by atoms with E-state index >= 15 is 0 Å². The molecule has 0 unspecified atom stereocenters. The minimum Gasteiger partial charge on any atom is -0.496 e. The summed E-state index contributed by atoms with van der Waals surface area (Å²) in [5.41, 5.74) is 2.87. The highest BCUT2D eigenvalue weighted by Gasteiger charge is 2.27. The van der Waals surface area contributed by atoms with Gasteiger partial charge < -0.3 is 9.30 Å². The van der Waals surface area contributed by atoms with Crippen molar-refractivity contribution < 1.29 is 13.2 Å². The monoisotopic (exact) mass is 507 g/mol. The molecule has 0 amide bonds. The van der Waals surface area contributed by atoms with Crippen molar-refractivity contribution in [2.75, 3.05) is 18.1 Å². The minimum absolute atomic E-state index is 0.385. The van der Waals surface area contributed by atoms with Gasteiger partial charge in [0.25, 0.3) is 5.56 Å². The van der Waals surface area contributed by atoms with Gasteiger partial charge in [0.05, 0.1) is 18.9 Å². The Morgan fingerprint density at radius 2 is 1.56 bits per heavy atom. The fourth-order valence-electron chi connectivity index (χ4n) is 4.44. The number of fused-ring (bicyclic) bond motifs is 1. The van der Waals surface area contributed by atoms with Crippen LogP contribution in [0.1, 0.15) is 26.3 Å². The van der Waals surface area contributed by atoms with Gasteiger partial charge in [-0.3, -0.25) is 14.5 Å². The van der Waals surface area contributed by atoms with Crippen molar-refractivity contribution in [3.8, 4) is 28.0 Å². The summed E-state index contributed by atoms with van der Waals surface area (Å²) in [6, 6.07) is 15.1. The van der Waals surface area contributed by atoms with Gasteiger partial charge in [-0.15, -0.1) is 0 Å². The summed E-state index contributed by atoms with van der Waals surface area (Å²) in [6.07, 6.45) is 2.66. The number of nitrogens with one attached hydrogen (secondary N) is 2. The third kappa shape index (κ3) is 4.92. The number of ether oxygens (including phenoxy) is 1. The van der Waals surface area contributed by atoms with Crippen LogP contribution in [-0.2, 0) is 22.5 Å². The van der Waals surface area contributed by atoms with Crippen molar-refractivity contribution in [1.82, 2.24) is 9.55 Å². The smallest absolute Gasteiger partial charge is 0.328 e. The molecule has 1 heterocycles. The van der Waals surface area contributed by atoms with E-state index in [-0.39, 0.29) is 5.41 Å². The van der Waals surface area contributed by atoms with Crippen molar-refractivity contribution >= 4 is 26.5 Å². The number of rotatable bonds is 5. The number of aromatic nitrogens is 2. The van der Waals surface area contributed by atoms with Crippen molar-refractivity contribution in [1.29, 1.82) is 0 Å². The first-order valence-corrected chi connectivity index (χ1v) is 13.2. The number of sulfonamides is 1. The number of H-pyrrole nitrogens is 1. The van der Waals surface area contributed by atoms with E-state index < -0.39 is 21.3 Å². The molecule has 1 aromatic heterocycles. The van der Waals surface area contributed by atoms with Crippen LogP contribution in [0, 0.1) is 0 Å². The van der Waals surface area contributed by atoms with Crippen molar-refractivity contribution in [3.63, 3.8) is 0 Å². The second-order valence-corrected chi connectivity index (χ2v) is 11.6. The maximum Gasteiger partial charge on any atom is 0.328 e. The number of nitrogens with zero attached hydrogens (tertiary/aromatic N) is 1. The molecule has 0 saturated heterocycles. The zero-order chi connectivity index (χ0) is 26.4. The average Bonchev–Trinajstić information content (AvgIpc) is 2.78. The van der Waals surface area contributed by atoms with E-state index in [0.717, 1.165) is 33.7 Å². The van der Waals surface area contributed by atoms with Gasteiger partial charge in [0.1, 0.15) is 5.75 Å². The molecule has 0 radical (unpaired) electrons. The maximum atomic E-state index is 12.7. The Kier molecular flexibility index (Phi) is 6.30. The number of hydrogen-bond donors (Lipinski definition) is 2. The van der Waals surface area contributed by atoms with Gasteiger partial charge in [-0.2, -0.15) is 0 Å². The predicted molar refractivity (Wildman–Crippen MR) is 144 cm³/mol. The number of aryl methyl sites for hydroxylation is 1. The maximum absolute atomic E-state index is 12.7. The molecule has 0 aliphatic rings. The Balaban J connectivity index is 1.92. The van der Waals surface area contributed by atoms with Gasteiger partial charge in [-0.1, -0.05) is 51.1 Å². The Hall–Kier alpha value is -3.85. The summed E-state index contributed by atoms with van der Waals surface area (Å²) in [6.45, 7) is 6.14. The van der Waals surface area contributed by atoms with Gasteiger partial charge in [0, 0.05) is 30.1 Å². The predicted octanol–water partition coefficient (Wildman–Crippen LogP) is 4.24. The molecule has 0 aliphatic heterocycles. The lowest BCUT2D eigenvalue weighted by Gasteiger charge is -2.27. The van der Waals surface area contributed by atoms with Crippen LogP contribution in [0.4, 0.5) is 5.69 Å². The van der Waals surface area contributed by atoms with E-state index in [4.69, 9.17) is 4.74 Å². The molecule has 4 rings (SSSR count). The standard InChI is InChI=1S/C27H29N3O5S/c1-27(2,3)23-21(22-15-30(4)26(32)28-25(22)31)12-11-20(24(23)35-5)18-8-7-17-14-19(29-36(6,33)34)10-9-16(17)13-18/h7-15,29H,1-6H3,(H,28,31,32). The zero-order valence-corrected chi connectivity index (χ0v) is 21.9. The first-order valence-electron chi connectivity index (χ1n) is 11.3. The van der Waals surface area contributed by atoms with Crippen molar-refractivity contribution in [3.05, 3.63) is 81.1 Å². The number of anilines is 1. The second-order valence-electron chi connectivity index (χ2n) is 9.88. The Morgan fingerprint density at radius 1 is 0.917 bits per heavy atom. The van der Waals surface area contributed by atoms with Crippen LogP contribution in [0.2, 0.25) is 0 Å². The molecule has 0 atom stereocenters. The summed E-state index contributed by atoms with van der Waals surface area (Å²) >= 11 is 0. The van der Waals surface area contributed by atoms with Gasteiger partial charge in [0.2, 0.25) is 10.0 Å². The van der Waals surface area contributed by atoms with E-state index in [1.165, 1.54) is 4.57 Å². The Bertz CT molecular complexity index is 1710. The van der Waals surface area contributed by atoms with Crippen molar-refractivity contribution in [2.24, 2.45) is 7.05 Å². The van der Waals surface area contributed by atoms with E-state index in [1.54, 1.807) is 32.5 Å². The molecule has 0 fully saturated rings. The molecule has 3 aromatic carbocycles. The number of benzene rings is 3. The summed E-state index contributed by atoms with van der Waals surface area (Å²) < 4.78 is 33.0.